The van der Waals surface area contributed by atoms with Crippen LogP contribution in [-0.4, -0.2) is 23.5 Å². The van der Waals surface area contributed by atoms with Gasteiger partial charge < -0.3 is 9.94 Å². The molecule has 2 rings (SSSR count). The van der Waals surface area contributed by atoms with Crippen molar-refractivity contribution in [3.05, 3.63) is 34.4 Å². The normalized spacial score (nSPS) is 19.5. The molecule has 0 saturated carbocycles. The van der Waals surface area contributed by atoms with Crippen LogP contribution in [0.25, 0.3) is 0 Å². The van der Waals surface area contributed by atoms with E-state index in [1.807, 2.05) is 0 Å². The largest absolute Gasteiger partial charge is 0.392 e. The van der Waals surface area contributed by atoms with Crippen molar-refractivity contribution in [3.63, 3.8) is 0 Å². The van der Waals surface area contributed by atoms with Gasteiger partial charge in [0.2, 0.25) is 0 Å². The van der Waals surface area contributed by atoms with Crippen LogP contribution in [0.1, 0.15) is 28.7 Å². The summed E-state index contributed by atoms with van der Waals surface area (Å²) in [5.74, 6) is 0. The summed E-state index contributed by atoms with van der Waals surface area (Å²) in [7, 11) is 0. The Labute approximate surface area is 95.7 Å². The van der Waals surface area contributed by atoms with Gasteiger partial charge in [0.05, 0.1) is 12.3 Å². The highest BCUT2D eigenvalue weighted by Crippen LogP contribution is 2.23. The molecule has 3 heteroatoms. The number of aryl methyl sites for hydroxylation is 3. The van der Waals surface area contributed by atoms with Crippen LogP contribution in [0.5, 0.6) is 0 Å². The van der Waals surface area contributed by atoms with Gasteiger partial charge in [-0.3, -0.25) is 0 Å². The van der Waals surface area contributed by atoms with Gasteiger partial charge in [-0.05, 0) is 31.9 Å². The Morgan fingerprint density at radius 1 is 1.31 bits per heavy atom. The number of rotatable bonds is 2. The van der Waals surface area contributed by atoms with Gasteiger partial charge >= 0.3 is 0 Å². The predicted octanol–water partition coefficient (Wildman–Crippen LogP) is 2.10. The van der Waals surface area contributed by atoms with Crippen molar-refractivity contribution in [2.24, 2.45) is 5.16 Å². The standard InChI is InChI=1S/C13H17NO2/c1-8-4-9(2)13(10(3)5-8)12-6-11(7-15)16-14-12/h4-5,11,15H,6-7H2,1-3H3/t11-/m0/s1. The van der Waals surface area contributed by atoms with Gasteiger partial charge in [0.1, 0.15) is 0 Å². The van der Waals surface area contributed by atoms with Crippen molar-refractivity contribution >= 4 is 5.71 Å². The third-order valence-corrected chi connectivity index (χ3v) is 2.90. The number of oxime groups is 1. The number of hydrogen-bond donors (Lipinski definition) is 1. The molecular formula is C13H17NO2. The lowest BCUT2D eigenvalue weighted by atomic mass is 9.94. The van der Waals surface area contributed by atoms with Crippen molar-refractivity contribution in [2.45, 2.75) is 33.3 Å². The summed E-state index contributed by atoms with van der Waals surface area (Å²) in [6.07, 6.45) is 0.524. The summed E-state index contributed by atoms with van der Waals surface area (Å²) >= 11 is 0. The van der Waals surface area contributed by atoms with Gasteiger partial charge in [0, 0.05) is 12.0 Å². The lowest BCUT2D eigenvalue weighted by Gasteiger charge is -2.10. The molecule has 1 aromatic carbocycles. The highest BCUT2D eigenvalue weighted by Gasteiger charge is 2.23. The van der Waals surface area contributed by atoms with E-state index in [0.29, 0.717) is 6.42 Å². The highest BCUT2D eigenvalue weighted by molar-refractivity contribution is 6.03. The van der Waals surface area contributed by atoms with Crippen LogP contribution in [0.2, 0.25) is 0 Å². The Hall–Kier alpha value is -1.35. The minimum atomic E-state index is -0.171. The van der Waals surface area contributed by atoms with Crippen molar-refractivity contribution in [3.8, 4) is 0 Å². The molecule has 16 heavy (non-hydrogen) atoms. The second-order valence-corrected chi connectivity index (χ2v) is 4.43. The molecule has 1 atom stereocenters. The van der Waals surface area contributed by atoms with Crippen LogP contribution in [-0.2, 0) is 4.84 Å². The summed E-state index contributed by atoms with van der Waals surface area (Å²) in [6.45, 7) is 6.29. The molecule has 3 nitrogen and oxygen atoms in total. The zero-order valence-electron chi connectivity index (χ0n) is 9.95. The fourth-order valence-electron chi connectivity index (χ4n) is 2.31. The zero-order chi connectivity index (χ0) is 11.7. The summed E-state index contributed by atoms with van der Waals surface area (Å²) in [4.78, 5) is 5.15. The average Bonchev–Trinajstić information content (AvgIpc) is 2.64. The van der Waals surface area contributed by atoms with Crippen LogP contribution in [0.3, 0.4) is 0 Å². The monoisotopic (exact) mass is 219 g/mol. The SMILES string of the molecule is Cc1cc(C)c(C2=NO[C@H](CO)C2)c(C)c1. The molecule has 0 aromatic heterocycles. The molecule has 0 spiro atoms. The number of hydrogen-bond acceptors (Lipinski definition) is 3. The molecule has 0 fully saturated rings. The van der Waals surface area contributed by atoms with E-state index >= 15 is 0 Å². The summed E-state index contributed by atoms with van der Waals surface area (Å²) in [6, 6.07) is 4.30. The first-order valence-corrected chi connectivity index (χ1v) is 5.53. The van der Waals surface area contributed by atoms with Crippen molar-refractivity contribution in [2.75, 3.05) is 6.61 Å². The number of nitrogens with zero attached hydrogens (tertiary/aromatic N) is 1. The number of aliphatic hydroxyl groups excluding tert-OH is 1. The first-order chi connectivity index (χ1) is 7.61. The van der Waals surface area contributed by atoms with Crippen molar-refractivity contribution in [1.82, 2.24) is 0 Å². The zero-order valence-corrected chi connectivity index (χ0v) is 9.95. The quantitative estimate of drug-likeness (QED) is 0.827. The molecule has 0 radical (unpaired) electrons. The molecule has 0 aliphatic carbocycles. The van der Waals surface area contributed by atoms with Crippen molar-refractivity contribution in [1.29, 1.82) is 0 Å². The molecule has 1 aliphatic heterocycles. The smallest absolute Gasteiger partial charge is 0.156 e. The molecule has 0 amide bonds. The topological polar surface area (TPSA) is 41.8 Å². The lowest BCUT2D eigenvalue weighted by Crippen LogP contribution is -2.14. The molecule has 1 aliphatic rings. The Bertz CT molecular complexity index is 415. The van der Waals surface area contributed by atoms with Gasteiger partial charge in [-0.1, -0.05) is 22.9 Å². The van der Waals surface area contributed by atoms with E-state index in [1.165, 1.54) is 22.3 Å². The van der Waals surface area contributed by atoms with E-state index in [2.05, 4.69) is 38.1 Å². The van der Waals surface area contributed by atoms with E-state index in [0.717, 1.165) is 5.71 Å². The number of benzene rings is 1. The molecule has 0 bridgehead atoms. The molecule has 1 aromatic rings. The van der Waals surface area contributed by atoms with E-state index in [9.17, 15) is 0 Å². The van der Waals surface area contributed by atoms with Gasteiger partial charge in [-0.15, -0.1) is 0 Å². The predicted molar refractivity (Wildman–Crippen MR) is 63.8 cm³/mol. The molecule has 0 saturated heterocycles. The fraction of sp³-hybridized carbons (Fsp3) is 0.462. The van der Waals surface area contributed by atoms with E-state index in [-0.39, 0.29) is 12.7 Å². The van der Waals surface area contributed by atoms with Crippen LogP contribution in [0, 0.1) is 20.8 Å². The van der Waals surface area contributed by atoms with Crippen LogP contribution in [0.15, 0.2) is 17.3 Å². The van der Waals surface area contributed by atoms with Gasteiger partial charge in [-0.2, -0.15) is 0 Å². The maximum Gasteiger partial charge on any atom is 0.156 e. The lowest BCUT2D eigenvalue weighted by molar-refractivity contribution is 0.0390. The van der Waals surface area contributed by atoms with E-state index in [1.54, 1.807) is 0 Å². The maximum absolute atomic E-state index is 9.02. The van der Waals surface area contributed by atoms with Crippen LogP contribution >= 0.6 is 0 Å². The van der Waals surface area contributed by atoms with Crippen LogP contribution in [0.4, 0.5) is 0 Å². The minimum Gasteiger partial charge on any atom is -0.392 e. The Morgan fingerprint density at radius 3 is 2.44 bits per heavy atom. The third-order valence-electron chi connectivity index (χ3n) is 2.90. The summed E-state index contributed by atoms with van der Waals surface area (Å²) in [5, 5.41) is 13.1. The Morgan fingerprint density at radius 2 is 1.94 bits per heavy atom. The van der Waals surface area contributed by atoms with Crippen molar-refractivity contribution < 1.29 is 9.94 Å². The van der Waals surface area contributed by atoms with E-state index in [4.69, 9.17) is 9.94 Å². The molecule has 0 unspecified atom stereocenters. The Balaban J connectivity index is 2.35. The summed E-state index contributed by atoms with van der Waals surface area (Å²) < 4.78 is 0. The Kier molecular flexibility index (Phi) is 2.97. The average molecular weight is 219 g/mol. The molecule has 86 valence electrons. The number of aliphatic hydroxyl groups is 1. The first-order valence-electron chi connectivity index (χ1n) is 5.53. The minimum absolute atomic E-state index is 0.0248. The van der Waals surface area contributed by atoms with Gasteiger partial charge in [0.25, 0.3) is 0 Å². The highest BCUT2D eigenvalue weighted by atomic mass is 16.6. The summed E-state index contributed by atoms with van der Waals surface area (Å²) in [5.41, 5.74) is 5.82. The maximum atomic E-state index is 9.02. The van der Waals surface area contributed by atoms with Gasteiger partial charge in [-0.25, -0.2) is 0 Å². The fourth-order valence-corrected chi connectivity index (χ4v) is 2.31. The van der Waals surface area contributed by atoms with Crippen LogP contribution < -0.4 is 0 Å². The molecule has 1 N–H and O–H groups in total. The van der Waals surface area contributed by atoms with Gasteiger partial charge in [0.15, 0.2) is 6.10 Å². The molecular weight excluding hydrogens is 202 g/mol. The molecule has 1 heterocycles. The second-order valence-electron chi connectivity index (χ2n) is 4.43. The first kappa shape index (κ1) is 11.1. The second kappa shape index (κ2) is 4.26. The van der Waals surface area contributed by atoms with E-state index < -0.39 is 0 Å². The third kappa shape index (κ3) is 1.95.